The molecule has 2 N–H and O–H groups in total. The normalized spacial score (nSPS) is 12.7. The van der Waals surface area contributed by atoms with Gasteiger partial charge in [0.25, 0.3) is 6.01 Å². The van der Waals surface area contributed by atoms with Gasteiger partial charge in [-0.25, -0.2) is 0 Å². The number of aromatic nitrogens is 1. The highest BCUT2D eigenvalue weighted by Crippen LogP contribution is 2.21. The van der Waals surface area contributed by atoms with Crippen LogP contribution in [0.4, 0.5) is 6.01 Å². The average Bonchev–Trinajstić information content (AvgIpc) is 3.41. The van der Waals surface area contributed by atoms with Gasteiger partial charge in [-0.3, -0.25) is 4.79 Å². The molecule has 2 atom stereocenters. The molecule has 0 aliphatic rings. The van der Waals surface area contributed by atoms with Gasteiger partial charge >= 0.3 is 0 Å². The fraction of sp³-hybridized carbons (Fsp3) is 0.333. The zero-order chi connectivity index (χ0) is 27.5. The van der Waals surface area contributed by atoms with E-state index >= 15 is 0 Å². The molecule has 1 heterocycles. The van der Waals surface area contributed by atoms with E-state index in [0.29, 0.717) is 32.2 Å². The van der Waals surface area contributed by atoms with Crippen LogP contribution in [-0.2, 0) is 20.7 Å². The SMILES string of the molecule is COCCO[C@@H](Cc1ccc(OCCN(C)c2nc3ccccc3o2)cc1)C(=O)N[C@H](CO)c1ccccc1. The predicted octanol–water partition coefficient (Wildman–Crippen LogP) is 3.77. The molecule has 4 aromatic rings. The van der Waals surface area contributed by atoms with E-state index in [1.165, 1.54) is 0 Å². The van der Waals surface area contributed by atoms with Crippen LogP contribution in [0.1, 0.15) is 17.2 Å². The second kappa shape index (κ2) is 14.3. The minimum atomic E-state index is -0.741. The van der Waals surface area contributed by atoms with E-state index < -0.39 is 12.1 Å². The lowest BCUT2D eigenvalue weighted by Gasteiger charge is -2.22. The summed E-state index contributed by atoms with van der Waals surface area (Å²) in [6.07, 6.45) is -0.377. The minimum absolute atomic E-state index is 0.214. The van der Waals surface area contributed by atoms with Gasteiger partial charge in [0.15, 0.2) is 5.58 Å². The zero-order valence-electron chi connectivity index (χ0n) is 22.3. The second-order valence-corrected chi connectivity index (χ2v) is 9.09. The molecule has 0 aliphatic carbocycles. The number of methoxy groups -OCH3 is 1. The van der Waals surface area contributed by atoms with Crippen molar-refractivity contribution in [2.75, 3.05) is 52.0 Å². The van der Waals surface area contributed by atoms with E-state index in [4.69, 9.17) is 18.6 Å². The van der Waals surface area contributed by atoms with Gasteiger partial charge in [0.1, 0.15) is 24.0 Å². The lowest BCUT2D eigenvalue weighted by molar-refractivity contribution is -0.134. The molecule has 0 fully saturated rings. The van der Waals surface area contributed by atoms with Gasteiger partial charge in [-0.2, -0.15) is 4.98 Å². The number of aliphatic hydroxyl groups excluding tert-OH is 1. The van der Waals surface area contributed by atoms with Gasteiger partial charge in [-0.1, -0.05) is 54.6 Å². The quantitative estimate of drug-likeness (QED) is 0.223. The number of fused-ring (bicyclic) bond motifs is 1. The second-order valence-electron chi connectivity index (χ2n) is 9.09. The monoisotopic (exact) mass is 533 g/mol. The van der Waals surface area contributed by atoms with Crippen LogP contribution in [0.15, 0.2) is 83.3 Å². The predicted molar refractivity (Wildman–Crippen MR) is 149 cm³/mol. The molecule has 9 nitrogen and oxygen atoms in total. The van der Waals surface area contributed by atoms with Crippen LogP contribution in [0.3, 0.4) is 0 Å². The Morgan fingerprint density at radius 3 is 2.46 bits per heavy atom. The molecule has 1 aromatic heterocycles. The largest absolute Gasteiger partial charge is 0.492 e. The van der Waals surface area contributed by atoms with Gasteiger partial charge in [-0.05, 0) is 35.4 Å². The summed E-state index contributed by atoms with van der Waals surface area (Å²) in [7, 11) is 3.49. The van der Waals surface area contributed by atoms with Crippen LogP contribution in [0.5, 0.6) is 5.75 Å². The number of rotatable bonds is 15. The number of carbonyl (C=O) groups excluding carboxylic acids is 1. The van der Waals surface area contributed by atoms with E-state index in [2.05, 4.69) is 10.3 Å². The van der Waals surface area contributed by atoms with Crippen LogP contribution in [0.2, 0.25) is 0 Å². The first kappa shape index (κ1) is 28.1. The summed E-state index contributed by atoms with van der Waals surface area (Å²) in [6.45, 7) is 1.47. The van der Waals surface area contributed by atoms with Crippen molar-refractivity contribution in [3.63, 3.8) is 0 Å². The molecule has 0 unspecified atom stereocenters. The van der Waals surface area contributed by atoms with Crippen LogP contribution in [-0.4, -0.2) is 69.2 Å². The van der Waals surface area contributed by atoms with Crippen molar-refractivity contribution in [3.05, 3.63) is 90.0 Å². The molecule has 0 aliphatic heterocycles. The van der Waals surface area contributed by atoms with Gasteiger partial charge in [0.2, 0.25) is 5.91 Å². The summed E-state index contributed by atoms with van der Waals surface area (Å²) in [5.41, 5.74) is 3.32. The summed E-state index contributed by atoms with van der Waals surface area (Å²) >= 11 is 0. The Hall–Kier alpha value is -3.92. The Kier molecular flexibility index (Phi) is 10.3. The number of para-hydroxylation sites is 2. The average molecular weight is 534 g/mol. The molecular formula is C30H35N3O6. The van der Waals surface area contributed by atoms with E-state index in [1.807, 2.05) is 90.8 Å². The Morgan fingerprint density at radius 2 is 1.74 bits per heavy atom. The Balaban J connectivity index is 1.31. The number of anilines is 1. The molecule has 39 heavy (non-hydrogen) atoms. The minimum Gasteiger partial charge on any atom is -0.492 e. The maximum Gasteiger partial charge on any atom is 0.298 e. The van der Waals surface area contributed by atoms with Crippen molar-refractivity contribution in [1.82, 2.24) is 10.3 Å². The third-order valence-electron chi connectivity index (χ3n) is 6.25. The molecule has 3 aromatic carbocycles. The fourth-order valence-corrected chi connectivity index (χ4v) is 4.04. The molecule has 0 radical (unpaired) electrons. The number of oxazole rings is 1. The summed E-state index contributed by atoms with van der Waals surface area (Å²) in [5, 5.41) is 12.8. The highest BCUT2D eigenvalue weighted by Gasteiger charge is 2.23. The number of ether oxygens (including phenoxy) is 3. The number of likely N-dealkylation sites (N-methyl/N-ethyl adjacent to an activating group) is 1. The Morgan fingerprint density at radius 1 is 1.00 bits per heavy atom. The molecular weight excluding hydrogens is 498 g/mol. The van der Waals surface area contributed by atoms with Crippen molar-refractivity contribution in [3.8, 4) is 5.75 Å². The van der Waals surface area contributed by atoms with Crippen molar-refractivity contribution in [2.24, 2.45) is 0 Å². The molecule has 9 heteroatoms. The number of nitrogens with one attached hydrogen (secondary N) is 1. The van der Waals surface area contributed by atoms with Crippen molar-refractivity contribution in [1.29, 1.82) is 0 Å². The van der Waals surface area contributed by atoms with Crippen molar-refractivity contribution in [2.45, 2.75) is 18.6 Å². The number of carbonyl (C=O) groups is 1. The molecule has 206 valence electrons. The topological polar surface area (TPSA) is 106 Å². The number of benzene rings is 3. The van der Waals surface area contributed by atoms with E-state index in [1.54, 1.807) is 7.11 Å². The number of hydrogen-bond donors (Lipinski definition) is 2. The van der Waals surface area contributed by atoms with E-state index in [9.17, 15) is 9.90 Å². The van der Waals surface area contributed by atoms with Crippen molar-refractivity contribution < 1.29 is 28.5 Å². The van der Waals surface area contributed by atoms with Gasteiger partial charge < -0.3 is 34.0 Å². The van der Waals surface area contributed by atoms with Gasteiger partial charge in [0, 0.05) is 20.6 Å². The van der Waals surface area contributed by atoms with Crippen LogP contribution >= 0.6 is 0 Å². The van der Waals surface area contributed by atoms with Crippen molar-refractivity contribution >= 4 is 23.0 Å². The molecule has 4 rings (SSSR count). The number of hydrogen-bond acceptors (Lipinski definition) is 8. The summed E-state index contributed by atoms with van der Waals surface area (Å²) in [5.74, 6) is 0.423. The number of nitrogens with zero attached hydrogens (tertiary/aromatic N) is 2. The third kappa shape index (κ3) is 8.03. The maximum absolute atomic E-state index is 13.1. The number of amides is 1. The van der Waals surface area contributed by atoms with Gasteiger partial charge in [-0.15, -0.1) is 0 Å². The summed E-state index contributed by atoms with van der Waals surface area (Å²) in [4.78, 5) is 19.5. The lowest BCUT2D eigenvalue weighted by atomic mass is 10.0. The Bertz CT molecular complexity index is 1260. The Labute approximate surface area is 228 Å². The van der Waals surface area contributed by atoms with E-state index in [-0.39, 0.29) is 19.1 Å². The first-order chi connectivity index (χ1) is 19.1. The smallest absolute Gasteiger partial charge is 0.298 e. The highest BCUT2D eigenvalue weighted by atomic mass is 16.5. The third-order valence-corrected chi connectivity index (χ3v) is 6.25. The number of aliphatic hydroxyl groups is 1. The van der Waals surface area contributed by atoms with Gasteiger partial charge in [0.05, 0.1) is 32.4 Å². The summed E-state index contributed by atoms with van der Waals surface area (Å²) in [6, 6.07) is 24.6. The zero-order valence-corrected chi connectivity index (χ0v) is 22.3. The summed E-state index contributed by atoms with van der Waals surface area (Å²) < 4.78 is 22.6. The molecule has 0 bridgehead atoms. The maximum atomic E-state index is 13.1. The van der Waals surface area contributed by atoms with E-state index in [0.717, 1.165) is 28.0 Å². The standard InChI is InChI=1S/C30H35N3O6/c1-33(30-32-25-10-6-7-11-27(25)39-30)16-17-37-24-14-12-22(13-15-24)20-28(38-19-18-36-2)29(35)31-26(21-34)23-8-4-3-5-9-23/h3-15,26,28,34H,16-21H2,1-2H3,(H,31,35)/t26-,28+/m1/s1. The molecule has 0 saturated heterocycles. The first-order valence-corrected chi connectivity index (χ1v) is 12.9. The van der Waals surface area contributed by atoms with Crippen LogP contribution in [0.25, 0.3) is 11.1 Å². The first-order valence-electron chi connectivity index (χ1n) is 12.9. The molecule has 0 spiro atoms. The van der Waals surface area contributed by atoms with Crippen LogP contribution < -0.4 is 15.0 Å². The molecule has 1 amide bonds. The van der Waals surface area contributed by atoms with Crippen LogP contribution in [0, 0.1) is 0 Å². The molecule has 0 saturated carbocycles. The lowest BCUT2D eigenvalue weighted by Crippen LogP contribution is -2.41. The highest BCUT2D eigenvalue weighted by molar-refractivity contribution is 5.81. The fourth-order valence-electron chi connectivity index (χ4n) is 4.04.